The van der Waals surface area contributed by atoms with Gasteiger partial charge in [-0.15, -0.1) is 0 Å². The summed E-state index contributed by atoms with van der Waals surface area (Å²) in [6.45, 7) is 3.38. The Bertz CT molecular complexity index is 578. The molecule has 3 N–H and O–H groups in total. The van der Waals surface area contributed by atoms with Gasteiger partial charge in [-0.05, 0) is 38.1 Å². The number of amides is 2. The van der Waals surface area contributed by atoms with Crippen molar-refractivity contribution in [2.45, 2.75) is 24.8 Å². The Morgan fingerprint density at radius 1 is 1.16 bits per heavy atom. The Morgan fingerprint density at radius 2 is 1.68 bits per heavy atom. The minimum atomic E-state index is -4.00. The zero-order valence-electron chi connectivity index (χ0n) is 10.4. The van der Waals surface area contributed by atoms with Crippen molar-refractivity contribution in [2.24, 2.45) is 0 Å². The van der Waals surface area contributed by atoms with Gasteiger partial charge < -0.3 is 10.4 Å². The van der Waals surface area contributed by atoms with Gasteiger partial charge in [-0.2, -0.15) is 0 Å². The number of rotatable bonds is 4. The first-order valence-corrected chi connectivity index (χ1v) is 6.87. The number of hydrogen-bond acceptors (Lipinski definition) is 4. The fourth-order valence-electron chi connectivity index (χ4n) is 1.25. The highest BCUT2D eigenvalue weighted by Gasteiger charge is 2.18. The quantitative estimate of drug-likeness (QED) is 0.757. The molecule has 0 bridgehead atoms. The number of carboxylic acids is 1. The molecule has 104 valence electrons. The predicted octanol–water partition coefficient (Wildman–Crippen LogP) is 0.781. The summed E-state index contributed by atoms with van der Waals surface area (Å²) in [5.74, 6) is -1.16. The monoisotopic (exact) mass is 286 g/mol. The zero-order chi connectivity index (χ0) is 14.6. The van der Waals surface area contributed by atoms with E-state index < -0.39 is 22.0 Å². The van der Waals surface area contributed by atoms with Crippen molar-refractivity contribution in [1.82, 2.24) is 10.0 Å². The van der Waals surface area contributed by atoms with Crippen LogP contribution in [0.5, 0.6) is 0 Å². The van der Waals surface area contributed by atoms with Crippen LogP contribution in [-0.2, 0) is 10.0 Å². The minimum absolute atomic E-state index is 0.0365. The first-order chi connectivity index (χ1) is 8.72. The van der Waals surface area contributed by atoms with Crippen LogP contribution in [0.2, 0.25) is 0 Å². The summed E-state index contributed by atoms with van der Waals surface area (Å²) >= 11 is 0. The topological polar surface area (TPSA) is 113 Å². The average molecular weight is 286 g/mol. The van der Waals surface area contributed by atoms with Crippen molar-refractivity contribution in [3.63, 3.8) is 0 Å². The molecule has 7 nitrogen and oxygen atoms in total. The number of nitrogens with one attached hydrogen (secondary N) is 2. The second-order valence-electron chi connectivity index (χ2n) is 4.06. The van der Waals surface area contributed by atoms with E-state index in [1.54, 1.807) is 13.8 Å². The molecule has 1 aromatic rings. The predicted molar refractivity (Wildman–Crippen MR) is 67.4 cm³/mol. The summed E-state index contributed by atoms with van der Waals surface area (Å²) < 4.78 is 25.4. The fourth-order valence-corrected chi connectivity index (χ4v) is 2.16. The molecule has 0 aromatic heterocycles. The van der Waals surface area contributed by atoms with Gasteiger partial charge in [0.1, 0.15) is 0 Å². The van der Waals surface area contributed by atoms with Crippen LogP contribution in [-0.4, -0.2) is 31.6 Å². The SMILES string of the molecule is CC(C)NC(=O)NS(=O)(=O)c1ccc(C(=O)O)cc1. The van der Waals surface area contributed by atoms with Crippen LogP contribution in [0.4, 0.5) is 4.79 Å². The van der Waals surface area contributed by atoms with Crippen LogP contribution >= 0.6 is 0 Å². The average Bonchev–Trinajstić information content (AvgIpc) is 2.27. The molecule has 0 aliphatic carbocycles. The zero-order valence-corrected chi connectivity index (χ0v) is 11.2. The van der Waals surface area contributed by atoms with E-state index in [0.29, 0.717) is 0 Å². The van der Waals surface area contributed by atoms with E-state index in [4.69, 9.17) is 5.11 Å². The summed E-state index contributed by atoms with van der Waals surface area (Å²) in [5, 5.41) is 11.1. The molecule has 8 heteroatoms. The molecule has 19 heavy (non-hydrogen) atoms. The number of aromatic carboxylic acids is 1. The summed E-state index contributed by atoms with van der Waals surface area (Å²) in [6.07, 6.45) is 0. The van der Waals surface area contributed by atoms with E-state index in [9.17, 15) is 18.0 Å². The number of hydrogen-bond donors (Lipinski definition) is 3. The molecule has 0 saturated carbocycles. The van der Waals surface area contributed by atoms with Gasteiger partial charge in [-0.3, -0.25) is 0 Å². The van der Waals surface area contributed by atoms with Gasteiger partial charge >= 0.3 is 12.0 Å². The molecule has 1 aromatic carbocycles. The van der Waals surface area contributed by atoms with Gasteiger partial charge in [-0.1, -0.05) is 0 Å². The van der Waals surface area contributed by atoms with Crippen molar-refractivity contribution in [1.29, 1.82) is 0 Å². The molecule has 0 saturated heterocycles. The third-order valence-corrected chi connectivity index (χ3v) is 3.41. The highest BCUT2D eigenvalue weighted by molar-refractivity contribution is 7.90. The number of carbonyl (C=O) groups is 2. The van der Waals surface area contributed by atoms with Crippen LogP contribution in [0.15, 0.2) is 29.2 Å². The second-order valence-corrected chi connectivity index (χ2v) is 5.75. The van der Waals surface area contributed by atoms with E-state index in [1.807, 2.05) is 4.72 Å². The lowest BCUT2D eigenvalue weighted by Crippen LogP contribution is -2.42. The van der Waals surface area contributed by atoms with E-state index in [1.165, 1.54) is 0 Å². The number of carboxylic acid groups (broad SMARTS) is 1. The van der Waals surface area contributed by atoms with Crippen molar-refractivity contribution in [3.05, 3.63) is 29.8 Å². The number of carbonyl (C=O) groups excluding carboxylic acids is 1. The summed E-state index contributed by atoms with van der Waals surface area (Å²) in [4.78, 5) is 21.8. The Kier molecular flexibility index (Phi) is 4.49. The van der Waals surface area contributed by atoms with E-state index in [2.05, 4.69) is 5.32 Å². The number of sulfonamides is 1. The molecular formula is C11H14N2O5S. The number of urea groups is 1. The lowest BCUT2D eigenvalue weighted by molar-refractivity contribution is 0.0696. The molecule has 0 radical (unpaired) electrons. The van der Waals surface area contributed by atoms with Crippen LogP contribution in [0.3, 0.4) is 0 Å². The standard InChI is InChI=1S/C11H14N2O5S/c1-7(2)12-11(16)13-19(17,18)9-5-3-8(4-6-9)10(14)15/h3-7H,1-2H3,(H,14,15)(H2,12,13,16). The first-order valence-electron chi connectivity index (χ1n) is 5.39. The first kappa shape index (κ1) is 15.0. The Labute approximate surface area is 110 Å². The smallest absolute Gasteiger partial charge is 0.335 e. The van der Waals surface area contributed by atoms with Crippen molar-refractivity contribution in [3.8, 4) is 0 Å². The van der Waals surface area contributed by atoms with Crippen LogP contribution in [0, 0.1) is 0 Å². The second kappa shape index (κ2) is 5.70. The van der Waals surface area contributed by atoms with Gasteiger partial charge in [0, 0.05) is 6.04 Å². The normalized spacial score (nSPS) is 11.1. The highest BCUT2D eigenvalue weighted by Crippen LogP contribution is 2.10. The van der Waals surface area contributed by atoms with Gasteiger partial charge in [0.05, 0.1) is 10.5 Å². The lowest BCUT2D eigenvalue weighted by Gasteiger charge is -2.10. The molecule has 1 rings (SSSR count). The Hall–Kier alpha value is -2.09. The third-order valence-electron chi connectivity index (χ3n) is 2.06. The number of benzene rings is 1. The molecule has 0 aliphatic rings. The van der Waals surface area contributed by atoms with Gasteiger partial charge in [0.25, 0.3) is 10.0 Å². The van der Waals surface area contributed by atoms with E-state index in [-0.39, 0.29) is 16.5 Å². The molecular weight excluding hydrogens is 272 g/mol. The minimum Gasteiger partial charge on any atom is -0.478 e. The lowest BCUT2D eigenvalue weighted by atomic mass is 10.2. The van der Waals surface area contributed by atoms with E-state index in [0.717, 1.165) is 24.3 Å². The molecule has 0 aliphatic heterocycles. The molecule has 0 heterocycles. The Morgan fingerprint density at radius 3 is 2.11 bits per heavy atom. The van der Waals surface area contributed by atoms with Crippen LogP contribution in [0.1, 0.15) is 24.2 Å². The maximum absolute atomic E-state index is 11.8. The fraction of sp³-hybridized carbons (Fsp3) is 0.273. The molecule has 0 unspecified atom stereocenters. The maximum atomic E-state index is 11.8. The molecule has 0 spiro atoms. The van der Waals surface area contributed by atoms with Crippen molar-refractivity contribution >= 4 is 22.0 Å². The van der Waals surface area contributed by atoms with Crippen molar-refractivity contribution < 1.29 is 23.1 Å². The van der Waals surface area contributed by atoms with Crippen LogP contribution < -0.4 is 10.0 Å². The van der Waals surface area contributed by atoms with Gasteiger partial charge in [0.2, 0.25) is 0 Å². The summed E-state index contributed by atoms with van der Waals surface area (Å²) in [7, 11) is -4.00. The van der Waals surface area contributed by atoms with Crippen LogP contribution in [0.25, 0.3) is 0 Å². The molecule has 0 atom stereocenters. The van der Waals surface area contributed by atoms with E-state index >= 15 is 0 Å². The molecule has 0 fully saturated rings. The van der Waals surface area contributed by atoms with Gasteiger partial charge in [0.15, 0.2) is 0 Å². The summed E-state index contributed by atoms with van der Waals surface area (Å²) in [6, 6.07) is 3.50. The highest BCUT2D eigenvalue weighted by atomic mass is 32.2. The molecule has 2 amide bonds. The van der Waals surface area contributed by atoms with Gasteiger partial charge in [-0.25, -0.2) is 22.7 Å². The Balaban J connectivity index is 2.88. The maximum Gasteiger partial charge on any atom is 0.335 e. The largest absolute Gasteiger partial charge is 0.478 e. The summed E-state index contributed by atoms with van der Waals surface area (Å²) in [5.41, 5.74) is -0.0365. The third kappa shape index (κ3) is 4.25. The van der Waals surface area contributed by atoms with Crippen molar-refractivity contribution in [2.75, 3.05) is 0 Å².